The Bertz CT molecular complexity index is 594. The molecule has 2 rings (SSSR count). The lowest BCUT2D eigenvalue weighted by Gasteiger charge is -2.19. The Hall–Kier alpha value is -1.08. The molecular formula is C14H18F3NO2S. The van der Waals surface area contributed by atoms with E-state index in [0.29, 0.717) is 6.54 Å². The monoisotopic (exact) mass is 321 g/mol. The molecule has 1 saturated carbocycles. The number of alkyl halides is 3. The maximum Gasteiger partial charge on any atom is 0.417 e. The Balaban J connectivity index is 2.31. The summed E-state index contributed by atoms with van der Waals surface area (Å²) in [6, 6.07) is 4.09. The first-order valence-corrected chi connectivity index (χ1v) is 8.53. The van der Waals surface area contributed by atoms with Gasteiger partial charge in [0, 0.05) is 6.04 Å². The second kappa shape index (κ2) is 5.96. The molecule has 0 amide bonds. The van der Waals surface area contributed by atoms with E-state index in [-0.39, 0.29) is 17.7 Å². The summed E-state index contributed by atoms with van der Waals surface area (Å²) < 4.78 is 63.6. The number of hydrogen-bond acceptors (Lipinski definition) is 3. The van der Waals surface area contributed by atoms with Crippen molar-refractivity contribution in [1.82, 2.24) is 5.32 Å². The van der Waals surface area contributed by atoms with Crippen LogP contribution in [0.3, 0.4) is 0 Å². The average molecular weight is 321 g/mol. The Labute approximate surface area is 122 Å². The first-order chi connectivity index (χ1) is 9.75. The van der Waals surface area contributed by atoms with Crippen LogP contribution >= 0.6 is 0 Å². The highest BCUT2D eigenvalue weighted by molar-refractivity contribution is 7.91. The van der Waals surface area contributed by atoms with Crippen LogP contribution in [0.5, 0.6) is 0 Å². The lowest BCUT2D eigenvalue weighted by Crippen LogP contribution is -2.37. The normalized spacial score (nSPS) is 17.7. The number of sulfone groups is 1. The van der Waals surface area contributed by atoms with Gasteiger partial charge in [0.05, 0.1) is 16.2 Å². The highest BCUT2D eigenvalue weighted by Gasteiger charge is 2.39. The molecule has 3 nitrogen and oxygen atoms in total. The fraction of sp³-hybridized carbons (Fsp3) is 0.571. The maximum absolute atomic E-state index is 13.0. The van der Waals surface area contributed by atoms with Crippen LogP contribution in [0.2, 0.25) is 0 Å². The molecule has 1 aliphatic rings. The summed E-state index contributed by atoms with van der Waals surface area (Å²) in [5.74, 6) is -0.0451. The molecule has 1 aliphatic carbocycles. The number of nitrogens with one attached hydrogen (secondary N) is 1. The summed E-state index contributed by atoms with van der Waals surface area (Å²) >= 11 is 0. The Morgan fingerprint density at radius 3 is 2.43 bits per heavy atom. The van der Waals surface area contributed by atoms with Gasteiger partial charge in [0.25, 0.3) is 0 Å². The Morgan fingerprint density at radius 1 is 1.29 bits per heavy atom. The van der Waals surface area contributed by atoms with Gasteiger partial charge in [-0.3, -0.25) is 0 Å². The summed E-state index contributed by atoms with van der Waals surface area (Å²) in [6.45, 7) is 2.45. The smallest absolute Gasteiger partial charge is 0.313 e. The fourth-order valence-electron chi connectivity index (χ4n) is 2.42. The SMILES string of the molecule is CCNC(CS(=O)(=O)c1ccccc1C(F)(F)F)C1CC1. The average Bonchev–Trinajstić information content (AvgIpc) is 3.21. The molecule has 0 radical (unpaired) electrons. The van der Waals surface area contributed by atoms with Gasteiger partial charge in [-0.1, -0.05) is 19.1 Å². The van der Waals surface area contributed by atoms with Gasteiger partial charge < -0.3 is 5.32 Å². The molecule has 1 N–H and O–H groups in total. The zero-order chi connectivity index (χ0) is 15.7. The van der Waals surface area contributed by atoms with Gasteiger partial charge in [-0.05, 0) is 37.4 Å². The first-order valence-electron chi connectivity index (χ1n) is 6.88. The number of benzene rings is 1. The third-order valence-corrected chi connectivity index (χ3v) is 5.41. The van der Waals surface area contributed by atoms with Gasteiger partial charge in [-0.2, -0.15) is 13.2 Å². The predicted octanol–water partition coefficient (Wildman–Crippen LogP) is 2.87. The topological polar surface area (TPSA) is 46.2 Å². The van der Waals surface area contributed by atoms with Gasteiger partial charge in [-0.15, -0.1) is 0 Å². The Morgan fingerprint density at radius 2 is 1.90 bits per heavy atom. The second-order valence-corrected chi connectivity index (χ2v) is 7.28. The summed E-state index contributed by atoms with van der Waals surface area (Å²) in [5.41, 5.74) is -1.09. The Kier molecular flexibility index (Phi) is 4.63. The molecule has 7 heteroatoms. The lowest BCUT2D eigenvalue weighted by molar-refractivity contribution is -0.139. The molecule has 0 saturated heterocycles. The van der Waals surface area contributed by atoms with Crippen LogP contribution in [-0.4, -0.2) is 26.8 Å². The molecule has 118 valence electrons. The minimum absolute atomic E-state index is 0.248. The van der Waals surface area contributed by atoms with Crippen molar-refractivity contribution in [3.05, 3.63) is 29.8 Å². The number of hydrogen-bond donors (Lipinski definition) is 1. The van der Waals surface area contributed by atoms with Crippen molar-refractivity contribution in [2.24, 2.45) is 5.92 Å². The molecule has 1 unspecified atom stereocenters. The van der Waals surface area contributed by atoms with Crippen molar-refractivity contribution >= 4 is 9.84 Å². The predicted molar refractivity (Wildman–Crippen MR) is 73.7 cm³/mol. The van der Waals surface area contributed by atoms with Crippen LogP contribution in [-0.2, 0) is 16.0 Å². The molecule has 0 heterocycles. The summed E-state index contributed by atoms with van der Waals surface area (Å²) in [6.07, 6.45) is -2.82. The van der Waals surface area contributed by atoms with Crippen LogP contribution in [0, 0.1) is 5.92 Å². The molecule has 1 aromatic rings. The van der Waals surface area contributed by atoms with Crippen molar-refractivity contribution in [2.45, 2.75) is 36.9 Å². The van der Waals surface area contributed by atoms with Crippen molar-refractivity contribution in [2.75, 3.05) is 12.3 Å². The van der Waals surface area contributed by atoms with Crippen molar-refractivity contribution < 1.29 is 21.6 Å². The lowest BCUT2D eigenvalue weighted by atomic mass is 10.2. The van der Waals surface area contributed by atoms with Gasteiger partial charge in [-0.25, -0.2) is 8.42 Å². The molecule has 1 aromatic carbocycles. The zero-order valence-corrected chi connectivity index (χ0v) is 12.5. The van der Waals surface area contributed by atoms with Crippen LogP contribution in [0.4, 0.5) is 13.2 Å². The molecule has 0 aliphatic heterocycles. The molecule has 0 aromatic heterocycles. The van der Waals surface area contributed by atoms with Crippen molar-refractivity contribution in [3.63, 3.8) is 0 Å². The standard InChI is InChI=1S/C14H18F3NO2S/c1-2-18-12(10-7-8-10)9-21(19,20)13-6-4-3-5-11(13)14(15,16)17/h3-6,10,12,18H,2,7-9H2,1H3. The van der Waals surface area contributed by atoms with Gasteiger partial charge >= 0.3 is 6.18 Å². The largest absolute Gasteiger partial charge is 0.417 e. The van der Waals surface area contributed by atoms with Crippen molar-refractivity contribution in [1.29, 1.82) is 0 Å². The maximum atomic E-state index is 13.0. The third-order valence-electron chi connectivity index (χ3n) is 3.58. The van der Waals surface area contributed by atoms with E-state index in [4.69, 9.17) is 0 Å². The quantitative estimate of drug-likeness (QED) is 0.876. The summed E-state index contributed by atoms with van der Waals surface area (Å²) in [5, 5.41) is 3.07. The van der Waals surface area contributed by atoms with Crippen LogP contribution in [0.25, 0.3) is 0 Å². The first kappa shape index (κ1) is 16.3. The fourth-order valence-corrected chi connectivity index (χ4v) is 4.27. The van der Waals surface area contributed by atoms with Gasteiger partial charge in [0.2, 0.25) is 0 Å². The summed E-state index contributed by atoms with van der Waals surface area (Å²) in [7, 11) is -3.98. The van der Waals surface area contributed by atoms with E-state index in [1.54, 1.807) is 0 Å². The highest BCUT2D eigenvalue weighted by atomic mass is 32.2. The third kappa shape index (κ3) is 3.97. The van der Waals surface area contributed by atoms with E-state index in [2.05, 4.69) is 5.32 Å². The molecular weight excluding hydrogens is 303 g/mol. The molecule has 0 bridgehead atoms. The minimum atomic E-state index is -4.67. The van der Waals surface area contributed by atoms with Crippen LogP contribution in [0.1, 0.15) is 25.3 Å². The molecule has 1 fully saturated rings. The van der Waals surface area contributed by atoms with E-state index in [0.717, 1.165) is 25.0 Å². The zero-order valence-electron chi connectivity index (χ0n) is 11.7. The summed E-state index contributed by atoms with van der Waals surface area (Å²) in [4.78, 5) is -0.624. The number of halogens is 3. The highest BCUT2D eigenvalue weighted by Crippen LogP contribution is 2.37. The van der Waals surface area contributed by atoms with E-state index in [1.807, 2.05) is 6.92 Å². The minimum Gasteiger partial charge on any atom is -0.313 e. The molecule has 1 atom stereocenters. The van der Waals surface area contributed by atoms with E-state index in [1.165, 1.54) is 12.1 Å². The van der Waals surface area contributed by atoms with Crippen LogP contribution < -0.4 is 5.32 Å². The molecule has 0 spiro atoms. The van der Waals surface area contributed by atoms with Crippen molar-refractivity contribution in [3.8, 4) is 0 Å². The van der Waals surface area contributed by atoms with E-state index in [9.17, 15) is 21.6 Å². The molecule has 21 heavy (non-hydrogen) atoms. The van der Waals surface area contributed by atoms with Gasteiger partial charge in [0.15, 0.2) is 9.84 Å². The van der Waals surface area contributed by atoms with E-state index < -0.39 is 26.5 Å². The van der Waals surface area contributed by atoms with Crippen LogP contribution in [0.15, 0.2) is 29.2 Å². The number of rotatable bonds is 6. The second-order valence-electron chi connectivity index (χ2n) is 5.28. The van der Waals surface area contributed by atoms with E-state index >= 15 is 0 Å². The van der Waals surface area contributed by atoms with Gasteiger partial charge in [0.1, 0.15) is 0 Å².